The second-order valence-corrected chi connectivity index (χ2v) is 9.55. The summed E-state index contributed by atoms with van der Waals surface area (Å²) in [5.74, 6) is 0.888. The number of rotatable bonds is 6. The third-order valence-electron chi connectivity index (χ3n) is 4.92. The van der Waals surface area contributed by atoms with Crippen molar-refractivity contribution in [2.75, 3.05) is 19.4 Å². The van der Waals surface area contributed by atoms with Crippen LogP contribution in [-0.4, -0.2) is 46.9 Å². The number of hydrogen-bond donors (Lipinski definition) is 1. The Morgan fingerprint density at radius 2 is 1.81 bits per heavy atom. The lowest BCUT2D eigenvalue weighted by Gasteiger charge is -2.17. The minimum Gasteiger partial charge on any atom is -0.360 e. The number of fused-ring (bicyclic) bond motifs is 1. The van der Waals surface area contributed by atoms with Crippen molar-refractivity contribution in [1.29, 1.82) is 0 Å². The van der Waals surface area contributed by atoms with Crippen LogP contribution in [0, 0.1) is 12.7 Å². The topological polar surface area (TPSA) is 114 Å². The molecule has 9 nitrogen and oxygen atoms in total. The van der Waals surface area contributed by atoms with E-state index in [1.807, 2.05) is 6.92 Å². The second-order valence-electron chi connectivity index (χ2n) is 7.42. The predicted molar refractivity (Wildman–Crippen MR) is 117 cm³/mol. The fraction of sp³-hybridized carbons (Fsp3) is 0.238. The lowest BCUT2D eigenvalue weighted by Crippen LogP contribution is -2.23. The summed E-state index contributed by atoms with van der Waals surface area (Å²) in [6.45, 7) is 3.52. The predicted octanol–water partition coefficient (Wildman–Crippen LogP) is 3.55. The summed E-state index contributed by atoms with van der Waals surface area (Å²) in [6, 6.07) is 8.76. The number of benzene rings is 2. The molecule has 0 saturated carbocycles. The van der Waals surface area contributed by atoms with Gasteiger partial charge >= 0.3 is 0 Å². The standard InChI is InChI=1S/C21H21FN6O3S/c1-12(20-26-13(2)31-27-20)25-21-17-9-15(14-5-7-16(22)8-6-14)10-18(19(17)23-11-24-21)32(29,30)28(3)4/h5-12H,1-4H3,(H,23,24,25)/t12-/m1/s1. The first-order chi connectivity index (χ1) is 15.2. The molecule has 0 aliphatic carbocycles. The average Bonchev–Trinajstić information content (AvgIpc) is 3.20. The average molecular weight is 457 g/mol. The Morgan fingerprint density at radius 3 is 2.44 bits per heavy atom. The van der Waals surface area contributed by atoms with Gasteiger partial charge in [-0.1, -0.05) is 17.3 Å². The van der Waals surface area contributed by atoms with Crippen LogP contribution in [0.2, 0.25) is 0 Å². The Bertz CT molecular complexity index is 1390. The number of sulfonamides is 1. The summed E-state index contributed by atoms with van der Waals surface area (Å²) < 4.78 is 45.8. The van der Waals surface area contributed by atoms with Crippen molar-refractivity contribution in [3.05, 3.63) is 60.3 Å². The molecule has 11 heteroatoms. The van der Waals surface area contributed by atoms with Gasteiger partial charge in [-0.2, -0.15) is 4.98 Å². The van der Waals surface area contributed by atoms with Gasteiger partial charge in [0.15, 0.2) is 5.82 Å². The van der Waals surface area contributed by atoms with E-state index in [1.165, 1.54) is 38.6 Å². The number of anilines is 1. The smallest absolute Gasteiger partial charge is 0.244 e. The van der Waals surface area contributed by atoms with Gasteiger partial charge in [-0.15, -0.1) is 0 Å². The first kappa shape index (κ1) is 21.8. The largest absolute Gasteiger partial charge is 0.360 e. The Kier molecular flexibility index (Phi) is 5.61. The van der Waals surface area contributed by atoms with Gasteiger partial charge in [-0.3, -0.25) is 0 Å². The molecule has 1 N–H and O–H groups in total. The van der Waals surface area contributed by atoms with Crippen LogP contribution in [0.1, 0.15) is 24.7 Å². The van der Waals surface area contributed by atoms with Crippen molar-refractivity contribution < 1.29 is 17.3 Å². The second kappa shape index (κ2) is 8.24. The Hall–Kier alpha value is -3.44. The molecule has 0 aliphatic heterocycles. The SMILES string of the molecule is Cc1nc([C@@H](C)Nc2ncnc3c(S(=O)(=O)N(C)C)cc(-c4ccc(F)cc4)cc23)no1. The summed E-state index contributed by atoms with van der Waals surface area (Å²) in [4.78, 5) is 12.8. The van der Waals surface area contributed by atoms with Crippen LogP contribution in [0.3, 0.4) is 0 Å². The molecule has 1 atom stereocenters. The van der Waals surface area contributed by atoms with E-state index in [2.05, 4.69) is 25.4 Å². The molecule has 2 aromatic carbocycles. The van der Waals surface area contributed by atoms with E-state index in [-0.39, 0.29) is 22.3 Å². The number of nitrogens with zero attached hydrogens (tertiary/aromatic N) is 5. The molecule has 4 aromatic rings. The fourth-order valence-corrected chi connectivity index (χ4v) is 4.29. The van der Waals surface area contributed by atoms with E-state index >= 15 is 0 Å². The summed E-state index contributed by atoms with van der Waals surface area (Å²) in [6.07, 6.45) is 1.30. The number of nitrogens with one attached hydrogen (secondary N) is 1. The fourth-order valence-electron chi connectivity index (χ4n) is 3.21. The minimum atomic E-state index is -3.83. The van der Waals surface area contributed by atoms with E-state index in [0.29, 0.717) is 34.0 Å². The Morgan fingerprint density at radius 1 is 1.09 bits per heavy atom. The highest BCUT2D eigenvalue weighted by Gasteiger charge is 2.24. The normalized spacial score (nSPS) is 12.9. The maximum Gasteiger partial charge on any atom is 0.244 e. The summed E-state index contributed by atoms with van der Waals surface area (Å²) in [5, 5.41) is 7.61. The van der Waals surface area contributed by atoms with Crippen molar-refractivity contribution in [3.8, 4) is 11.1 Å². The van der Waals surface area contributed by atoms with Crippen molar-refractivity contribution in [2.24, 2.45) is 0 Å². The highest BCUT2D eigenvalue weighted by Crippen LogP contribution is 2.34. The van der Waals surface area contributed by atoms with E-state index in [1.54, 1.807) is 25.1 Å². The molecule has 0 saturated heterocycles. The van der Waals surface area contributed by atoms with Crippen LogP contribution in [0.25, 0.3) is 22.0 Å². The first-order valence-electron chi connectivity index (χ1n) is 9.71. The molecule has 4 rings (SSSR count). The Labute approximate surface area is 184 Å². The first-order valence-corrected chi connectivity index (χ1v) is 11.1. The summed E-state index contributed by atoms with van der Waals surface area (Å²) in [5.41, 5.74) is 1.50. The zero-order chi connectivity index (χ0) is 23.0. The van der Waals surface area contributed by atoms with E-state index < -0.39 is 10.0 Å². The molecular weight excluding hydrogens is 435 g/mol. The van der Waals surface area contributed by atoms with Crippen LogP contribution in [-0.2, 0) is 10.0 Å². The quantitative estimate of drug-likeness (QED) is 0.469. The van der Waals surface area contributed by atoms with Gasteiger partial charge in [0, 0.05) is 26.4 Å². The van der Waals surface area contributed by atoms with Crippen molar-refractivity contribution in [3.63, 3.8) is 0 Å². The monoisotopic (exact) mass is 456 g/mol. The third kappa shape index (κ3) is 4.04. The van der Waals surface area contributed by atoms with Crippen molar-refractivity contribution in [1.82, 2.24) is 24.4 Å². The third-order valence-corrected chi connectivity index (χ3v) is 6.75. The van der Waals surface area contributed by atoms with Gasteiger partial charge in [0.1, 0.15) is 22.9 Å². The minimum absolute atomic E-state index is 0.0211. The van der Waals surface area contributed by atoms with Crippen LogP contribution >= 0.6 is 0 Å². The van der Waals surface area contributed by atoms with Crippen LogP contribution in [0.4, 0.5) is 10.2 Å². The molecule has 2 aromatic heterocycles. The lowest BCUT2D eigenvalue weighted by atomic mass is 10.0. The number of halogens is 1. The van der Waals surface area contributed by atoms with Gasteiger partial charge in [-0.25, -0.2) is 27.1 Å². The van der Waals surface area contributed by atoms with Crippen LogP contribution in [0.15, 0.2) is 52.1 Å². The Balaban J connectivity index is 1.92. The molecule has 0 fully saturated rings. The molecule has 166 valence electrons. The van der Waals surface area contributed by atoms with E-state index in [0.717, 1.165) is 4.31 Å². The molecular formula is C21H21FN6O3S. The number of aryl methyl sites for hydroxylation is 1. The number of aromatic nitrogens is 4. The zero-order valence-corrected chi connectivity index (χ0v) is 18.7. The molecule has 32 heavy (non-hydrogen) atoms. The summed E-state index contributed by atoms with van der Waals surface area (Å²) in [7, 11) is -0.932. The summed E-state index contributed by atoms with van der Waals surface area (Å²) >= 11 is 0. The van der Waals surface area contributed by atoms with Gasteiger partial charge < -0.3 is 9.84 Å². The maximum absolute atomic E-state index is 13.4. The molecule has 0 radical (unpaired) electrons. The molecule has 0 unspecified atom stereocenters. The van der Waals surface area contributed by atoms with Gasteiger partial charge in [0.05, 0.1) is 11.6 Å². The van der Waals surface area contributed by atoms with Gasteiger partial charge in [0.2, 0.25) is 15.9 Å². The van der Waals surface area contributed by atoms with E-state index in [4.69, 9.17) is 4.52 Å². The van der Waals surface area contributed by atoms with Gasteiger partial charge in [0.25, 0.3) is 0 Å². The van der Waals surface area contributed by atoms with Crippen molar-refractivity contribution in [2.45, 2.75) is 24.8 Å². The molecule has 2 heterocycles. The molecule has 0 amide bonds. The van der Waals surface area contributed by atoms with Crippen LogP contribution < -0.4 is 5.32 Å². The molecule has 0 bridgehead atoms. The lowest BCUT2D eigenvalue weighted by molar-refractivity contribution is 0.385. The van der Waals surface area contributed by atoms with Crippen molar-refractivity contribution >= 4 is 26.7 Å². The zero-order valence-electron chi connectivity index (χ0n) is 17.9. The highest BCUT2D eigenvalue weighted by atomic mass is 32.2. The van der Waals surface area contributed by atoms with Crippen LogP contribution in [0.5, 0.6) is 0 Å². The van der Waals surface area contributed by atoms with Gasteiger partial charge in [-0.05, 0) is 42.3 Å². The number of hydrogen-bond acceptors (Lipinski definition) is 8. The highest BCUT2D eigenvalue weighted by molar-refractivity contribution is 7.89. The van der Waals surface area contributed by atoms with E-state index in [9.17, 15) is 12.8 Å². The molecule has 0 spiro atoms. The maximum atomic E-state index is 13.4. The molecule has 0 aliphatic rings.